The maximum Gasteiger partial charge on any atom is 0.205 e. The van der Waals surface area contributed by atoms with Gasteiger partial charge in [0.1, 0.15) is 20.0 Å². The number of halogens is 1. The average Bonchev–Trinajstić information content (AvgIpc) is 1.48. The summed E-state index contributed by atoms with van der Waals surface area (Å²) in [6.45, 7) is 0. The van der Waals surface area contributed by atoms with E-state index in [1.807, 2.05) is 150 Å². The topological polar surface area (TPSA) is 84.0 Å². The molecule has 10 nitrogen and oxygen atoms in total. The van der Waals surface area contributed by atoms with Gasteiger partial charge in [-0.25, -0.2) is 0 Å². The lowest BCUT2D eigenvalue weighted by Crippen LogP contribution is -2.41. The molecule has 14 aromatic carbocycles. The highest BCUT2D eigenvalue weighted by molar-refractivity contribution is 9.10. The molecule has 8 heterocycles. The number of para-hydroxylation sites is 16. The van der Waals surface area contributed by atoms with Crippen LogP contribution in [0.5, 0.6) is 46.0 Å². The van der Waals surface area contributed by atoms with Crippen molar-refractivity contribution in [3.05, 3.63) is 439 Å². The van der Waals surface area contributed by atoms with E-state index in [0.717, 1.165) is 116 Å². The van der Waals surface area contributed by atoms with Crippen molar-refractivity contribution >= 4 is 138 Å². The Balaban J connectivity index is 0.000000132. The molecule has 2 spiro atoms. The van der Waals surface area contributed by atoms with Crippen molar-refractivity contribution in [1.29, 1.82) is 0 Å². The number of nitrogens with zero attached hydrogens (tertiary/aromatic N) is 4. The number of ketones is 2. The molecule has 18 aromatic rings. The molecule has 4 aromatic heterocycles. The third-order valence-electron chi connectivity index (χ3n) is 23.7. The molecule has 0 saturated heterocycles. The van der Waals surface area contributed by atoms with Gasteiger partial charge in [0, 0.05) is 25.4 Å². The SMILES string of the molecule is Brc1ccccc1-c1ccccc1.C.C.O=C1c2cc(N3c4ccccc4Oc4ccccc43)sc2C(=O)c2cc(N3c4ccccc4Oc4ccccc43)sc21.c1ccc2c(c1)Oc1ccccc1N2c1cc2c(s1)C1(c3ccccc3-c3ccccc31)c1cc(N3c4ccccc4Oc4ccccc43)sc1C21c2ccccc2-c2ccccc21. The molecular weight excluding hydrogens is 1630 g/mol. The quantitative estimate of drug-likeness (QED) is 0.166. The first-order valence-corrected chi connectivity index (χ1v) is 43.3. The largest absolute Gasteiger partial charge is 0.453 e. The molecule has 4 aliphatic heterocycles. The van der Waals surface area contributed by atoms with E-state index in [1.54, 1.807) is 0 Å². The van der Waals surface area contributed by atoms with E-state index in [2.05, 4.69) is 278 Å². The molecule has 580 valence electrons. The first kappa shape index (κ1) is 73.5. The lowest BCUT2D eigenvalue weighted by molar-refractivity contribution is 0.0986. The highest BCUT2D eigenvalue weighted by Crippen LogP contribution is 2.73. The minimum atomic E-state index is -0.635. The summed E-state index contributed by atoms with van der Waals surface area (Å²) in [6.07, 6.45) is 0. The third-order valence-corrected chi connectivity index (χ3v) is 29.2. The van der Waals surface area contributed by atoms with Gasteiger partial charge in [0.05, 0.1) is 66.1 Å². The van der Waals surface area contributed by atoms with Crippen LogP contribution >= 0.6 is 61.3 Å². The van der Waals surface area contributed by atoms with Gasteiger partial charge < -0.3 is 18.9 Å². The van der Waals surface area contributed by atoms with Crippen molar-refractivity contribution in [3.63, 3.8) is 0 Å². The fraction of sp³-hybridized carbons (Fsp3) is 0.0377. The van der Waals surface area contributed by atoms with Crippen molar-refractivity contribution in [1.82, 2.24) is 0 Å². The molecule has 0 amide bonds. The van der Waals surface area contributed by atoms with Crippen molar-refractivity contribution in [2.45, 2.75) is 25.7 Å². The van der Waals surface area contributed by atoms with Crippen molar-refractivity contribution < 1.29 is 28.5 Å². The second-order valence-electron chi connectivity index (χ2n) is 30.0. The fourth-order valence-electron chi connectivity index (χ4n) is 18.9. The smallest absolute Gasteiger partial charge is 0.205 e. The zero-order chi connectivity index (χ0) is 78.8. The normalized spacial score (nSPS) is 14.1. The summed E-state index contributed by atoms with van der Waals surface area (Å²) in [4.78, 5) is 40.6. The Labute approximate surface area is 724 Å². The maximum absolute atomic E-state index is 14.0. The van der Waals surface area contributed by atoms with Gasteiger partial charge in [0.25, 0.3) is 0 Å². The molecule has 0 atom stereocenters. The van der Waals surface area contributed by atoms with Gasteiger partial charge in [-0.15, -0.1) is 45.3 Å². The number of anilines is 12. The number of hydrogen-bond acceptors (Lipinski definition) is 14. The molecule has 15 heteroatoms. The average molecular weight is 1700 g/mol. The highest BCUT2D eigenvalue weighted by atomic mass is 79.9. The Morgan fingerprint density at radius 1 is 0.231 bits per heavy atom. The zero-order valence-electron chi connectivity index (χ0n) is 63.0. The van der Waals surface area contributed by atoms with Crippen LogP contribution in [0.4, 0.5) is 65.5 Å². The molecule has 121 heavy (non-hydrogen) atoms. The Morgan fingerprint density at radius 2 is 0.463 bits per heavy atom. The number of fused-ring (bicyclic) bond motifs is 26. The molecule has 26 rings (SSSR count). The van der Waals surface area contributed by atoms with Crippen LogP contribution < -0.4 is 38.5 Å². The fourth-order valence-corrected chi connectivity index (χ4v) is 24.6. The van der Waals surface area contributed by atoms with Crippen LogP contribution in [0.25, 0.3) is 33.4 Å². The standard InChI is InChI=1S/C58H34N2O2S2.C34H18N2O4S2.C12H9Br.2CH4/c1-5-21-39-35(17-1)36-18-2-6-22-40(36)57(39)43-33-53(59-45-25-9-13-29-49(45)61-50-30-14-10-26-46(50)59)64-56(43)58(41-23-7-3-19-37(41)38-20-4-8-24-42(38)58)44-34-54(63-55(44)57)60-47-27-11-15-31-51(47)62-52-32-16-12-28-48(52)60;37-31-19-17-29(35-21-9-1-5-13-25(21)39-26-14-6-2-10-22(26)35)41-33(19)32(38)20-18-30(42-34(20)31)36-23-11-3-7-15-27(23)40-28-16-8-4-12-24(28)36;13-12-9-5-4-8-11(12)10-6-2-1-3-7-10;;/h1-34H;1-18H;1-9H;2*1H4. The summed E-state index contributed by atoms with van der Waals surface area (Å²) in [7, 11) is 0. The van der Waals surface area contributed by atoms with E-state index in [-0.39, 0.29) is 26.4 Å². The molecule has 0 unspecified atom stereocenters. The van der Waals surface area contributed by atoms with Crippen LogP contribution in [0.1, 0.15) is 88.5 Å². The molecule has 4 aliphatic carbocycles. The predicted molar refractivity (Wildman–Crippen MR) is 498 cm³/mol. The first-order chi connectivity index (χ1) is 58.8. The van der Waals surface area contributed by atoms with Gasteiger partial charge in [0.2, 0.25) is 11.6 Å². The number of thiophene rings is 4. The second-order valence-corrected chi connectivity index (χ2v) is 35.0. The van der Waals surface area contributed by atoms with Gasteiger partial charge >= 0.3 is 0 Å². The van der Waals surface area contributed by atoms with Crippen LogP contribution in [0.15, 0.2) is 375 Å². The molecule has 0 saturated carbocycles. The van der Waals surface area contributed by atoms with Crippen LogP contribution in [-0.2, 0) is 10.8 Å². The Hall–Kier alpha value is -13.9. The monoisotopic (exact) mass is 1700 g/mol. The number of ether oxygens (including phenoxy) is 4. The number of rotatable bonds is 5. The van der Waals surface area contributed by atoms with Crippen molar-refractivity contribution in [2.75, 3.05) is 19.6 Å². The molecule has 0 N–H and O–H groups in total. The summed E-state index contributed by atoms with van der Waals surface area (Å²) in [5.74, 6) is 5.99. The highest BCUT2D eigenvalue weighted by Gasteiger charge is 2.62. The lowest BCUT2D eigenvalue weighted by Gasteiger charge is -2.45. The lowest BCUT2D eigenvalue weighted by atomic mass is 9.58. The van der Waals surface area contributed by atoms with Crippen LogP contribution in [0.2, 0.25) is 0 Å². The Bertz CT molecular complexity index is 6550. The van der Waals surface area contributed by atoms with E-state index >= 15 is 0 Å². The summed E-state index contributed by atoms with van der Waals surface area (Å²) < 4.78 is 26.7. The molecule has 0 bridgehead atoms. The van der Waals surface area contributed by atoms with Gasteiger partial charge in [-0.1, -0.05) is 273 Å². The molecule has 0 fully saturated rings. The number of carbonyl (C=O) groups excluding carboxylic acids is 2. The number of carbonyl (C=O) groups is 2. The second kappa shape index (κ2) is 28.7. The van der Waals surface area contributed by atoms with E-state index in [9.17, 15) is 9.59 Å². The van der Waals surface area contributed by atoms with Gasteiger partial charge in [-0.05, 0) is 194 Å². The van der Waals surface area contributed by atoms with Gasteiger partial charge in [0.15, 0.2) is 46.0 Å². The molecule has 8 aliphatic rings. The molecule has 0 radical (unpaired) electrons. The van der Waals surface area contributed by atoms with E-state index in [1.165, 1.54) is 99.2 Å². The third kappa shape index (κ3) is 10.9. The predicted octanol–water partition coefficient (Wildman–Crippen LogP) is 31.1. The van der Waals surface area contributed by atoms with Gasteiger partial charge in [-0.2, -0.15) is 0 Å². The summed E-state index contributed by atoms with van der Waals surface area (Å²) in [5.41, 5.74) is 22.7. The Kier molecular flexibility index (Phi) is 17.4. The number of hydrogen-bond donors (Lipinski definition) is 0. The van der Waals surface area contributed by atoms with E-state index in [0.29, 0.717) is 20.9 Å². The molecular formula is C106H69BrN4O6S4. The first-order valence-electron chi connectivity index (χ1n) is 39.3. The van der Waals surface area contributed by atoms with Crippen molar-refractivity contribution in [2.24, 2.45) is 0 Å². The van der Waals surface area contributed by atoms with Gasteiger partial charge in [-0.3, -0.25) is 29.2 Å². The maximum atomic E-state index is 14.0. The summed E-state index contributed by atoms with van der Waals surface area (Å²) in [6, 6.07) is 129. The number of benzene rings is 14. The van der Waals surface area contributed by atoms with Crippen LogP contribution in [0.3, 0.4) is 0 Å². The van der Waals surface area contributed by atoms with Crippen LogP contribution in [0, 0.1) is 0 Å². The summed E-state index contributed by atoms with van der Waals surface area (Å²) >= 11 is 10.1. The minimum absolute atomic E-state index is 0. The van der Waals surface area contributed by atoms with E-state index < -0.39 is 10.8 Å². The van der Waals surface area contributed by atoms with Crippen molar-refractivity contribution in [3.8, 4) is 79.4 Å². The van der Waals surface area contributed by atoms with E-state index in [4.69, 9.17) is 18.9 Å². The summed E-state index contributed by atoms with van der Waals surface area (Å²) in [5, 5.41) is 3.89. The zero-order valence-corrected chi connectivity index (χ0v) is 67.8. The minimum Gasteiger partial charge on any atom is -0.453 e. The Morgan fingerprint density at radius 3 is 0.744 bits per heavy atom. The van der Waals surface area contributed by atoms with Crippen LogP contribution in [-0.4, -0.2) is 11.6 Å².